The lowest BCUT2D eigenvalue weighted by molar-refractivity contribution is -0.125. The highest BCUT2D eigenvalue weighted by atomic mass is 79.9. The Morgan fingerprint density at radius 1 is 1.12 bits per heavy atom. The molecule has 1 aromatic carbocycles. The van der Waals surface area contributed by atoms with Crippen molar-refractivity contribution in [2.75, 3.05) is 0 Å². The fourth-order valence-electron chi connectivity index (χ4n) is 3.38. The van der Waals surface area contributed by atoms with Crippen LogP contribution in [0.1, 0.15) is 43.2 Å². The van der Waals surface area contributed by atoms with Crippen molar-refractivity contribution >= 4 is 21.7 Å². The van der Waals surface area contributed by atoms with Crippen molar-refractivity contribution in [1.82, 2.24) is 0 Å². The molecule has 2 aliphatic carbocycles. The molecular formula is C14H15BrO. The van der Waals surface area contributed by atoms with Crippen LogP contribution in [-0.2, 0) is 16.6 Å². The number of aryl methyl sites for hydroxylation is 1. The molecule has 0 radical (unpaired) electrons. The average molecular weight is 279 g/mol. The lowest BCUT2D eigenvalue weighted by Crippen LogP contribution is -2.37. The molecule has 0 aromatic heterocycles. The van der Waals surface area contributed by atoms with Crippen LogP contribution in [0.3, 0.4) is 0 Å². The van der Waals surface area contributed by atoms with E-state index < -0.39 is 0 Å². The third-order valence-corrected chi connectivity index (χ3v) is 4.69. The normalized spacial score (nSPS) is 22.4. The van der Waals surface area contributed by atoms with Gasteiger partial charge in [0.15, 0.2) is 0 Å². The van der Waals surface area contributed by atoms with E-state index in [9.17, 15) is 4.79 Å². The summed E-state index contributed by atoms with van der Waals surface area (Å²) >= 11 is 3.53. The third-order valence-electron chi connectivity index (χ3n) is 4.20. The van der Waals surface area contributed by atoms with Crippen LogP contribution in [0.25, 0.3) is 0 Å². The number of ketones is 1. The zero-order chi connectivity index (χ0) is 11.2. The molecule has 0 N–H and O–H groups in total. The molecule has 0 unspecified atom stereocenters. The van der Waals surface area contributed by atoms with Crippen LogP contribution in [0.4, 0.5) is 0 Å². The van der Waals surface area contributed by atoms with Crippen molar-refractivity contribution in [2.24, 2.45) is 0 Å². The van der Waals surface area contributed by atoms with Crippen molar-refractivity contribution in [3.63, 3.8) is 0 Å². The van der Waals surface area contributed by atoms with E-state index in [1.165, 1.54) is 24.0 Å². The summed E-state index contributed by atoms with van der Waals surface area (Å²) in [6.07, 6.45) is 6.22. The Hall–Kier alpha value is -0.630. The van der Waals surface area contributed by atoms with Gasteiger partial charge in [0.1, 0.15) is 5.78 Å². The molecular weight excluding hydrogens is 264 g/mol. The van der Waals surface area contributed by atoms with Crippen LogP contribution in [0.15, 0.2) is 22.7 Å². The number of fused-ring (bicyclic) bond motifs is 2. The summed E-state index contributed by atoms with van der Waals surface area (Å²) in [5, 5.41) is 0. The maximum Gasteiger partial charge on any atom is 0.143 e. The summed E-state index contributed by atoms with van der Waals surface area (Å²) in [6, 6.07) is 6.46. The zero-order valence-corrected chi connectivity index (χ0v) is 10.8. The Kier molecular flexibility index (Phi) is 2.43. The topological polar surface area (TPSA) is 17.1 Å². The monoisotopic (exact) mass is 278 g/mol. The second-order valence-corrected chi connectivity index (χ2v) is 5.93. The van der Waals surface area contributed by atoms with Crippen molar-refractivity contribution < 1.29 is 4.79 Å². The van der Waals surface area contributed by atoms with Crippen LogP contribution in [0, 0.1) is 0 Å². The van der Waals surface area contributed by atoms with E-state index in [0.29, 0.717) is 5.78 Å². The number of rotatable bonds is 0. The predicted molar refractivity (Wildman–Crippen MR) is 67.6 cm³/mol. The molecule has 0 heterocycles. The van der Waals surface area contributed by atoms with E-state index >= 15 is 0 Å². The van der Waals surface area contributed by atoms with Gasteiger partial charge in [-0.2, -0.15) is 0 Å². The first-order chi connectivity index (χ1) is 7.72. The smallest absolute Gasteiger partial charge is 0.143 e. The standard InChI is InChI=1S/C14H15BrO/c15-11-5-3-10-4-6-13(16)14(12(10)9-11)7-1-2-8-14/h3,5,9H,1-2,4,6-8H2. The summed E-state index contributed by atoms with van der Waals surface area (Å²) in [5.41, 5.74) is 2.59. The Labute approximate surface area is 104 Å². The Bertz CT molecular complexity index is 444. The molecule has 1 spiro atoms. The first-order valence-corrected chi connectivity index (χ1v) is 6.84. The quantitative estimate of drug-likeness (QED) is 0.706. The fraction of sp³-hybridized carbons (Fsp3) is 0.500. The molecule has 1 aromatic rings. The molecule has 16 heavy (non-hydrogen) atoms. The van der Waals surface area contributed by atoms with Gasteiger partial charge in [-0.15, -0.1) is 0 Å². The van der Waals surface area contributed by atoms with E-state index in [2.05, 4.69) is 34.1 Å². The number of benzene rings is 1. The summed E-state index contributed by atoms with van der Waals surface area (Å²) in [7, 11) is 0. The van der Waals surface area contributed by atoms with Crippen molar-refractivity contribution in [2.45, 2.75) is 43.9 Å². The highest BCUT2D eigenvalue weighted by Gasteiger charge is 2.45. The van der Waals surface area contributed by atoms with Crippen LogP contribution < -0.4 is 0 Å². The second-order valence-electron chi connectivity index (χ2n) is 5.01. The number of carbonyl (C=O) groups excluding carboxylic acids is 1. The Morgan fingerprint density at radius 3 is 2.62 bits per heavy atom. The van der Waals surface area contributed by atoms with Crippen LogP contribution in [0.2, 0.25) is 0 Å². The average Bonchev–Trinajstić information content (AvgIpc) is 2.75. The third kappa shape index (κ3) is 1.39. The van der Waals surface area contributed by atoms with Crippen LogP contribution >= 0.6 is 15.9 Å². The van der Waals surface area contributed by atoms with Crippen LogP contribution in [-0.4, -0.2) is 5.78 Å². The molecule has 2 aliphatic rings. The molecule has 0 bridgehead atoms. The molecule has 0 amide bonds. The van der Waals surface area contributed by atoms with Gasteiger partial charge in [0.05, 0.1) is 5.41 Å². The molecule has 1 saturated carbocycles. The van der Waals surface area contributed by atoms with Gasteiger partial charge in [-0.3, -0.25) is 4.79 Å². The van der Waals surface area contributed by atoms with Gasteiger partial charge in [0, 0.05) is 10.9 Å². The Balaban J connectivity index is 2.19. The van der Waals surface area contributed by atoms with E-state index in [1.807, 2.05) is 0 Å². The number of carbonyl (C=O) groups is 1. The highest BCUT2D eigenvalue weighted by Crippen LogP contribution is 2.47. The predicted octanol–water partition coefficient (Wildman–Crippen LogP) is 3.78. The number of hydrogen-bond donors (Lipinski definition) is 0. The van der Waals surface area contributed by atoms with E-state index in [4.69, 9.17) is 0 Å². The van der Waals surface area contributed by atoms with Crippen molar-refractivity contribution in [1.29, 1.82) is 0 Å². The molecule has 0 aliphatic heterocycles. The van der Waals surface area contributed by atoms with Gasteiger partial charge in [-0.1, -0.05) is 34.8 Å². The largest absolute Gasteiger partial charge is 0.299 e. The molecule has 0 atom stereocenters. The summed E-state index contributed by atoms with van der Waals surface area (Å²) < 4.78 is 1.10. The first kappa shape index (κ1) is 10.5. The minimum absolute atomic E-state index is 0.114. The van der Waals surface area contributed by atoms with Gasteiger partial charge < -0.3 is 0 Å². The maximum absolute atomic E-state index is 12.3. The van der Waals surface area contributed by atoms with E-state index in [0.717, 1.165) is 30.2 Å². The molecule has 1 nitrogen and oxygen atoms in total. The van der Waals surface area contributed by atoms with Crippen molar-refractivity contribution in [3.05, 3.63) is 33.8 Å². The van der Waals surface area contributed by atoms with Gasteiger partial charge in [0.25, 0.3) is 0 Å². The van der Waals surface area contributed by atoms with Gasteiger partial charge in [0.2, 0.25) is 0 Å². The number of halogens is 1. The lowest BCUT2D eigenvalue weighted by Gasteiger charge is -2.34. The van der Waals surface area contributed by atoms with Gasteiger partial charge >= 0.3 is 0 Å². The highest BCUT2D eigenvalue weighted by molar-refractivity contribution is 9.10. The fourth-order valence-corrected chi connectivity index (χ4v) is 3.74. The molecule has 1 fully saturated rings. The van der Waals surface area contributed by atoms with Gasteiger partial charge in [-0.25, -0.2) is 0 Å². The Morgan fingerprint density at radius 2 is 1.88 bits per heavy atom. The summed E-state index contributed by atoms with van der Waals surface area (Å²) in [4.78, 5) is 12.3. The first-order valence-electron chi connectivity index (χ1n) is 6.05. The van der Waals surface area contributed by atoms with E-state index in [-0.39, 0.29) is 5.41 Å². The van der Waals surface area contributed by atoms with E-state index in [1.54, 1.807) is 0 Å². The number of hydrogen-bond acceptors (Lipinski definition) is 1. The summed E-state index contributed by atoms with van der Waals surface area (Å²) in [5.74, 6) is 0.482. The number of Topliss-reactive ketones (excluding diaryl/α,β-unsaturated/α-hetero) is 1. The van der Waals surface area contributed by atoms with Gasteiger partial charge in [-0.05, 0) is 42.5 Å². The maximum atomic E-state index is 12.3. The minimum atomic E-state index is -0.114. The SMILES string of the molecule is O=C1CCc2ccc(Br)cc2C12CCCC2. The van der Waals surface area contributed by atoms with Crippen molar-refractivity contribution in [3.8, 4) is 0 Å². The molecule has 3 rings (SSSR count). The molecule has 84 valence electrons. The molecule has 0 saturated heterocycles. The lowest BCUT2D eigenvalue weighted by atomic mass is 9.68. The molecule has 2 heteroatoms. The minimum Gasteiger partial charge on any atom is -0.299 e. The zero-order valence-electron chi connectivity index (χ0n) is 9.26. The second kappa shape index (κ2) is 3.69. The van der Waals surface area contributed by atoms with Crippen LogP contribution in [0.5, 0.6) is 0 Å². The summed E-state index contributed by atoms with van der Waals surface area (Å²) in [6.45, 7) is 0.